The number of carbonyl (C=O) groups excluding carboxylic acids is 1. The van der Waals surface area contributed by atoms with E-state index in [1.165, 1.54) is 29.1 Å². The van der Waals surface area contributed by atoms with Gasteiger partial charge in [-0.25, -0.2) is 4.98 Å². The molecule has 106 valence electrons. The fraction of sp³-hybridized carbons (Fsp3) is 0.385. The van der Waals surface area contributed by atoms with Crippen LogP contribution in [0.1, 0.15) is 23.3 Å². The first-order valence-electron chi connectivity index (χ1n) is 6.45. The summed E-state index contributed by atoms with van der Waals surface area (Å²) in [5.74, 6) is -0.108. The second-order valence-electron chi connectivity index (χ2n) is 4.64. The number of nitrogens with zero attached hydrogens (tertiary/aromatic N) is 1. The summed E-state index contributed by atoms with van der Waals surface area (Å²) in [7, 11) is 0. The van der Waals surface area contributed by atoms with E-state index >= 15 is 0 Å². The molecule has 1 saturated heterocycles. The Morgan fingerprint density at radius 2 is 2.45 bits per heavy atom. The highest BCUT2D eigenvalue weighted by Gasteiger charge is 2.17. The molecule has 2 aromatic rings. The van der Waals surface area contributed by atoms with Crippen LogP contribution in [-0.4, -0.2) is 30.0 Å². The van der Waals surface area contributed by atoms with Gasteiger partial charge in [0.1, 0.15) is 10.7 Å². The zero-order valence-electron chi connectivity index (χ0n) is 10.7. The van der Waals surface area contributed by atoms with Crippen LogP contribution in [0.25, 0.3) is 9.88 Å². The molecule has 20 heavy (non-hydrogen) atoms. The molecule has 1 amide bonds. The van der Waals surface area contributed by atoms with Gasteiger partial charge in [0, 0.05) is 18.0 Å². The minimum atomic E-state index is -0.108. The Morgan fingerprint density at radius 3 is 3.15 bits per heavy atom. The van der Waals surface area contributed by atoms with Crippen molar-refractivity contribution in [3.8, 4) is 9.88 Å². The van der Waals surface area contributed by atoms with Gasteiger partial charge in [-0.05, 0) is 31.5 Å². The Kier molecular flexibility index (Phi) is 4.35. The predicted molar refractivity (Wildman–Crippen MR) is 83.8 cm³/mol. The van der Waals surface area contributed by atoms with E-state index < -0.39 is 0 Å². The van der Waals surface area contributed by atoms with Crippen LogP contribution in [0.3, 0.4) is 0 Å². The van der Waals surface area contributed by atoms with Crippen LogP contribution < -0.4 is 10.6 Å². The maximum Gasteiger partial charge on any atom is 0.270 e. The van der Waals surface area contributed by atoms with Crippen molar-refractivity contribution in [1.82, 2.24) is 15.6 Å². The van der Waals surface area contributed by atoms with Crippen molar-refractivity contribution in [2.45, 2.75) is 18.9 Å². The molecule has 1 unspecified atom stereocenters. The number of hydrogen-bond donors (Lipinski definition) is 2. The van der Waals surface area contributed by atoms with Crippen molar-refractivity contribution in [1.29, 1.82) is 0 Å². The van der Waals surface area contributed by atoms with Gasteiger partial charge in [-0.15, -0.1) is 22.7 Å². The summed E-state index contributed by atoms with van der Waals surface area (Å²) in [6.07, 6.45) is 2.30. The van der Waals surface area contributed by atoms with Crippen molar-refractivity contribution in [2.75, 3.05) is 13.1 Å². The average molecular weight is 328 g/mol. The summed E-state index contributed by atoms with van der Waals surface area (Å²) in [5.41, 5.74) is 0.479. The number of thiophene rings is 1. The Balaban J connectivity index is 1.62. The first-order valence-corrected chi connectivity index (χ1v) is 8.52. The van der Waals surface area contributed by atoms with Gasteiger partial charge in [-0.3, -0.25) is 4.79 Å². The van der Waals surface area contributed by atoms with Gasteiger partial charge in [0.15, 0.2) is 0 Å². The summed E-state index contributed by atoms with van der Waals surface area (Å²) in [6.45, 7) is 1.71. The summed E-state index contributed by atoms with van der Waals surface area (Å²) in [6, 6.07) is 4.16. The third kappa shape index (κ3) is 3.20. The molecule has 0 saturated carbocycles. The highest BCUT2D eigenvalue weighted by atomic mass is 35.5. The Morgan fingerprint density at radius 1 is 1.55 bits per heavy atom. The normalized spacial score (nSPS) is 18.4. The third-order valence-corrected chi connectivity index (χ3v) is 5.43. The minimum Gasteiger partial charge on any atom is -0.349 e. The van der Waals surface area contributed by atoms with Crippen LogP contribution in [0.4, 0.5) is 0 Å². The van der Waals surface area contributed by atoms with E-state index in [0.717, 1.165) is 27.2 Å². The lowest BCUT2D eigenvalue weighted by Crippen LogP contribution is -2.37. The quantitative estimate of drug-likeness (QED) is 0.907. The van der Waals surface area contributed by atoms with Gasteiger partial charge in [-0.1, -0.05) is 11.6 Å². The van der Waals surface area contributed by atoms with E-state index in [2.05, 4.69) is 15.6 Å². The average Bonchev–Trinajstić information content (AvgIpc) is 3.16. The molecule has 1 aliphatic heterocycles. The second-order valence-corrected chi connectivity index (χ2v) is 7.22. The molecule has 3 rings (SSSR count). The predicted octanol–water partition coefficient (Wildman–Crippen LogP) is 3.01. The smallest absolute Gasteiger partial charge is 0.270 e. The van der Waals surface area contributed by atoms with Gasteiger partial charge in [0.25, 0.3) is 5.91 Å². The van der Waals surface area contributed by atoms with Gasteiger partial charge >= 0.3 is 0 Å². The molecule has 0 radical (unpaired) electrons. The Hall–Kier alpha value is -0.950. The minimum absolute atomic E-state index is 0.108. The molecule has 2 N–H and O–H groups in total. The highest BCUT2D eigenvalue weighted by Crippen LogP contribution is 2.32. The van der Waals surface area contributed by atoms with Gasteiger partial charge in [0.2, 0.25) is 0 Å². The molecule has 0 aromatic carbocycles. The molecule has 1 atom stereocenters. The number of amides is 1. The fourth-order valence-corrected chi connectivity index (χ4v) is 4.07. The standard InChI is InChI=1S/C13H14ClN3OS2/c14-11-4-3-10(20-11)13-17-9(7-19-13)12(18)16-6-8-2-1-5-15-8/h3-4,7-8,15H,1-2,5-6H2,(H,16,18). The molecule has 0 bridgehead atoms. The number of aromatic nitrogens is 1. The number of hydrogen-bond acceptors (Lipinski definition) is 5. The number of rotatable bonds is 4. The SMILES string of the molecule is O=C(NCC1CCCN1)c1csc(-c2ccc(Cl)s2)n1. The highest BCUT2D eigenvalue weighted by molar-refractivity contribution is 7.23. The van der Waals surface area contributed by atoms with Crippen molar-refractivity contribution in [2.24, 2.45) is 0 Å². The van der Waals surface area contributed by atoms with Gasteiger partial charge < -0.3 is 10.6 Å². The molecule has 1 fully saturated rings. The lowest BCUT2D eigenvalue weighted by Gasteiger charge is -2.10. The monoisotopic (exact) mass is 327 g/mol. The van der Waals surface area contributed by atoms with Crippen LogP contribution in [-0.2, 0) is 0 Å². The Labute approximate surface area is 130 Å². The number of nitrogens with one attached hydrogen (secondary N) is 2. The van der Waals surface area contributed by atoms with Gasteiger partial charge in [-0.2, -0.15) is 0 Å². The van der Waals surface area contributed by atoms with E-state index in [9.17, 15) is 4.79 Å². The number of halogens is 1. The molecular formula is C13H14ClN3OS2. The zero-order chi connectivity index (χ0) is 13.9. The molecule has 0 spiro atoms. The molecule has 3 heterocycles. The molecule has 2 aromatic heterocycles. The van der Waals surface area contributed by atoms with E-state index in [-0.39, 0.29) is 5.91 Å². The summed E-state index contributed by atoms with van der Waals surface area (Å²) in [4.78, 5) is 17.4. The molecular weight excluding hydrogens is 314 g/mol. The third-order valence-electron chi connectivity index (χ3n) is 3.19. The topological polar surface area (TPSA) is 54.0 Å². The Bertz CT molecular complexity index is 604. The zero-order valence-corrected chi connectivity index (χ0v) is 13.1. The van der Waals surface area contributed by atoms with Crippen LogP contribution in [0.5, 0.6) is 0 Å². The molecule has 0 aliphatic carbocycles. The van der Waals surface area contributed by atoms with Gasteiger partial charge in [0.05, 0.1) is 9.21 Å². The molecule has 1 aliphatic rings. The summed E-state index contributed by atoms with van der Waals surface area (Å²) in [5, 5.41) is 8.91. The number of thiazole rings is 1. The van der Waals surface area contributed by atoms with Crippen LogP contribution in [0.2, 0.25) is 4.34 Å². The molecule has 4 nitrogen and oxygen atoms in total. The lowest BCUT2D eigenvalue weighted by molar-refractivity contribution is 0.0946. The second kappa shape index (κ2) is 6.22. The van der Waals surface area contributed by atoms with Crippen molar-refractivity contribution in [3.63, 3.8) is 0 Å². The molecule has 7 heteroatoms. The van der Waals surface area contributed by atoms with Crippen molar-refractivity contribution in [3.05, 3.63) is 27.5 Å². The summed E-state index contributed by atoms with van der Waals surface area (Å²) < 4.78 is 0.730. The summed E-state index contributed by atoms with van der Waals surface area (Å²) >= 11 is 8.85. The van der Waals surface area contributed by atoms with E-state index in [4.69, 9.17) is 11.6 Å². The lowest BCUT2D eigenvalue weighted by atomic mass is 10.2. The fourth-order valence-electron chi connectivity index (χ4n) is 2.16. The first-order chi connectivity index (χ1) is 9.72. The largest absolute Gasteiger partial charge is 0.349 e. The number of carbonyl (C=O) groups is 1. The van der Waals surface area contributed by atoms with Crippen LogP contribution >= 0.6 is 34.3 Å². The van der Waals surface area contributed by atoms with E-state index in [1.807, 2.05) is 12.1 Å². The van der Waals surface area contributed by atoms with E-state index in [1.54, 1.807) is 5.38 Å². The first kappa shape index (κ1) is 14.0. The van der Waals surface area contributed by atoms with E-state index in [0.29, 0.717) is 18.3 Å². The maximum atomic E-state index is 12.0. The van der Waals surface area contributed by atoms with Crippen LogP contribution in [0.15, 0.2) is 17.5 Å². The van der Waals surface area contributed by atoms with Crippen LogP contribution in [0, 0.1) is 0 Å². The van der Waals surface area contributed by atoms with Crippen molar-refractivity contribution >= 4 is 40.2 Å². The van der Waals surface area contributed by atoms with Crippen molar-refractivity contribution < 1.29 is 4.79 Å². The maximum absolute atomic E-state index is 12.0.